The fourth-order valence-corrected chi connectivity index (χ4v) is 2.51. The fraction of sp³-hybridized carbons (Fsp3) is 0.250. The van der Waals surface area contributed by atoms with Crippen molar-refractivity contribution in [3.05, 3.63) is 63.7 Å². The van der Waals surface area contributed by atoms with E-state index in [1.807, 2.05) is 0 Å². The molecule has 2 aromatic carbocycles. The van der Waals surface area contributed by atoms with E-state index in [0.717, 1.165) is 0 Å². The molecule has 30 heavy (non-hydrogen) atoms. The van der Waals surface area contributed by atoms with Gasteiger partial charge in [0.1, 0.15) is 5.75 Å². The maximum atomic E-state index is 12.1. The summed E-state index contributed by atoms with van der Waals surface area (Å²) in [6, 6.07) is 10.7. The molecule has 0 aliphatic heterocycles. The lowest BCUT2D eigenvalue weighted by molar-refractivity contribution is -0.384. The van der Waals surface area contributed by atoms with E-state index in [4.69, 9.17) is 9.47 Å². The van der Waals surface area contributed by atoms with Crippen LogP contribution in [0.25, 0.3) is 0 Å². The van der Waals surface area contributed by atoms with Crippen LogP contribution < -0.4 is 15.4 Å². The maximum Gasteiger partial charge on any atom is 0.308 e. The highest BCUT2D eigenvalue weighted by Gasteiger charge is 2.14. The number of non-ortho nitro benzene ring substituents is 1. The Morgan fingerprint density at radius 1 is 1.13 bits per heavy atom. The van der Waals surface area contributed by atoms with Gasteiger partial charge in [-0.1, -0.05) is 12.1 Å². The van der Waals surface area contributed by atoms with Crippen molar-refractivity contribution in [1.29, 1.82) is 0 Å². The zero-order valence-electron chi connectivity index (χ0n) is 16.5. The smallest absolute Gasteiger partial charge is 0.308 e. The van der Waals surface area contributed by atoms with E-state index in [2.05, 4.69) is 10.6 Å². The SMILES string of the molecule is COc1ccccc1C(=O)NCCC(=O)OCC(=O)Nc1ccc([N+](=O)[O-])cc1C. The lowest BCUT2D eigenvalue weighted by atomic mass is 10.2. The average Bonchev–Trinajstić information content (AvgIpc) is 2.73. The number of hydrogen-bond donors (Lipinski definition) is 2. The maximum absolute atomic E-state index is 12.1. The molecule has 0 atom stereocenters. The van der Waals surface area contributed by atoms with Crippen molar-refractivity contribution in [3.8, 4) is 5.75 Å². The first-order chi connectivity index (χ1) is 14.3. The molecule has 158 valence electrons. The third-order valence-electron chi connectivity index (χ3n) is 4.03. The lowest BCUT2D eigenvalue weighted by Crippen LogP contribution is -2.28. The Morgan fingerprint density at radius 3 is 2.53 bits per heavy atom. The zero-order valence-corrected chi connectivity index (χ0v) is 16.5. The number of nitro benzene ring substituents is 1. The minimum Gasteiger partial charge on any atom is -0.496 e. The zero-order chi connectivity index (χ0) is 22.1. The Kier molecular flexibility index (Phi) is 7.86. The van der Waals surface area contributed by atoms with Crippen LogP contribution in [-0.4, -0.2) is 43.0 Å². The predicted octanol–water partition coefficient (Wildman–Crippen LogP) is 2.21. The molecule has 2 amide bonds. The normalized spacial score (nSPS) is 10.1. The van der Waals surface area contributed by atoms with Crippen molar-refractivity contribution >= 4 is 29.2 Å². The first kappa shape index (κ1) is 22.3. The van der Waals surface area contributed by atoms with Gasteiger partial charge >= 0.3 is 5.97 Å². The van der Waals surface area contributed by atoms with Gasteiger partial charge in [0.2, 0.25) is 0 Å². The van der Waals surface area contributed by atoms with Gasteiger partial charge in [0.25, 0.3) is 17.5 Å². The molecule has 0 saturated heterocycles. The van der Waals surface area contributed by atoms with Crippen LogP contribution in [0.5, 0.6) is 5.75 Å². The molecule has 10 nitrogen and oxygen atoms in total. The van der Waals surface area contributed by atoms with Crippen molar-refractivity contribution in [2.24, 2.45) is 0 Å². The Morgan fingerprint density at radius 2 is 1.87 bits per heavy atom. The van der Waals surface area contributed by atoms with Gasteiger partial charge in [-0.2, -0.15) is 0 Å². The van der Waals surface area contributed by atoms with Crippen LogP contribution >= 0.6 is 0 Å². The number of para-hydroxylation sites is 1. The Balaban J connectivity index is 1.75. The number of carbonyl (C=O) groups excluding carboxylic acids is 3. The number of carbonyl (C=O) groups is 3. The summed E-state index contributed by atoms with van der Waals surface area (Å²) in [6.07, 6.45) is -0.120. The first-order valence-electron chi connectivity index (χ1n) is 8.93. The first-order valence-corrected chi connectivity index (χ1v) is 8.93. The number of nitrogens with one attached hydrogen (secondary N) is 2. The van der Waals surface area contributed by atoms with Crippen LogP contribution in [0, 0.1) is 17.0 Å². The number of nitro groups is 1. The molecule has 0 unspecified atom stereocenters. The Labute approximate surface area is 172 Å². The number of rotatable bonds is 9. The minimum atomic E-state index is -0.661. The minimum absolute atomic E-state index is 0.0266. The van der Waals surface area contributed by atoms with Crippen molar-refractivity contribution < 1.29 is 28.8 Å². The van der Waals surface area contributed by atoms with Gasteiger partial charge in [0, 0.05) is 24.4 Å². The monoisotopic (exact) mass is 415 g/mol. The summed E-state index contributed by atoms with van der Waals surface area (Å²) < 4.78 is 9.98. The van der Waals surface area contributed by atoms with Gasteiger partial charge in [-0.15, -0.1) is 0 Å². The number of esters is 1. The molecular formula is C20H21N3O7. The van der Waals surface area contributed by atoms with Crippen LogP contribution in [0.3, 0.4) is 0 Å². The lowest BCUT2D eigenvalue weighted by Gasteiger charge is -2.10. The van der Waals surface area contributed by atoms with E-state index < -0.39 is 29.3 Å². The van der Waals surface area contributed by atoms with E-state index >= 15 is 0 Å². The number of ether oxygens (including phenoxy) is 2. The molecule has 0 aliphatic carbocycles. The second kappa shape index (κ2) is 10.6. The molecule has 0 heterocycles. The standard InChI is InChI=1S/C20H21N3O7/c1-13-11-14(23(27)28)7-8-16(13)22-18(24)12-30-19(25)9-10-21-20(26)15-5-3-4-6-17(15)29-2/h3-8,11H,9-10,12H2,1-2H3,(H,21,26)(H,22,24). The third-order valence-corrected chi connectivity index (χ3v) is 4.03. The second-order valence-electron chi connectivity index (χ2n) is 6.17. The molecule has 0 fully saturated rings. The molecule has 2 rings (SSSR count). The van der Waals surface area contributed by atoms with Crippen LogP contribution in [0.15, 0.2) is 42.5 Å². The number of methoxy groups -OCH3 is 1. The summed E-state index contributed by atoms with van der Waals surface area (Å²) >= 11 is 0. The molecule has 0 spiro atoms. The number of nitrogens with zero attached hydrogens (tertiary/aromatic N) is 1. The Hall–Kier alpha value is -3.95. The van der Waals surface area contributed by atoms with Gasteiger partial charge < -0.3 is 20.1 Å². The molecule has 0 radical (unpaired) electrons. The summed E-state index contributed by atoms with van der Waals surface area (Å²) in [7, 11) is 1.45. The molecule has 0 bridgehead atoms. The summed E-state index contributed by atoms with van der Waals surface area (Å²) in [5.41, 5.74) is 1.13. The van der Waals surface area contributed by atoms with Crippen molar-refractivity contribution in [3.63, 3.8) is 0 Å². The number of hydrogen-bond acceptors (Lipinski definition) is 7. The molecule has 0 aliphatic rings. The van der Waals surface area contributed by atoms with Gasteiger partial charge in [-0.3, -0.25) is 24.5 Å². The van der Waals surface area contributed by atoms with Crippen LogP contribution in [-0.2, 0) is 14.3 Å². The fourth-order valence-electron chi connectivity index (χ4n) is 2.51. The number of anilines is 1. The van der Waals surface area contributed by atoms with E-state index in [1.54, 1.807) is 31.2 Å². The van der Waals surface area contributed by atoms with Crippen molar-refractivity contribution in [2.75, 3.05) is 25.6 Å². The van der Waals surface area contributed by atoms with Crippen molar-refractivity contribution in [2.45, 2.75) is 13.3 Å². The molecule has 2 N–H and O–H groups in total. The predicted molar refractivity (Wildman–Crippen MR) is 107 cm³/mol. The highest BCUT2D eigenvalue weighted by atomic mass is 16.6. The van der Waals surface area contributed by atoms with Crippen LogP contribution in [0.1, 0.15) is 22.3 Å². The number of aryl methyl sites for hydroxylation is 1. The molecular weight excluding hydrogens is 394 g/mol. The highest BCUT2D eigenvalue weighted by Crippen LogP contribution is 2.21. The summed E-state index contributed by atoms with van der Waals surface area (Å²) in [5.74, 6) is -1.23. The molecule has 10 heteroatoms. The van der Waals surface area contributed by atoms with Gasteiger partial charge in [-0.25, -0.2) is 0 Å². The molecule has 0 aromatic heterocycles. The number of amides is 2. The van der Waals surface area contributed by atoms with Crippen LogP contribution in [0.2, 0.25) is 0 Å². The van der Waals surface area contributed by atoms with E-state index in [9.17, 15) is 24.5 Å². The van der Waals surface area contributed by atoms with Gasteiger partial charge in [-0.05, 0) is 30.7 Å². The van der Waals surface area contributed by atoms with Gasteiger partial charge in [0.15, 0.2) is 6.61 Å². The number of benzene rings is 2. The summed E-state index contributed by atoms with van der Waals surface area (Å²) in [4.78, 5) is 46.0. The Bertz CT molecular complexity index is 959. The van der Waals surface area contributed by atoms with Gasteiger partial charge in [0.05, 0.1) is 24.0 Å². The van der Waals surface area contributed by atoms with E-state index in [1.165, 1.54) is 25.3 Å². The second-order valence-corrected chi connectivity index (χ2v) is 6.17. The topological polar surface area (TPSA) is 137 Å². The highest BCUT2D eigenvalue weighted by molar-refractivity contribution is 5.97. The molecule has 0 saturated carbocycles. The third kappa shape index (κ3) is 6.30. The van der Waals surface area contributed by atoms with E-state index in [0.29, 0.717) is 22.6 Å². The molecule has 2 aromatic rings. The summed E-state index contributed by atoms with van der Waals surface area (Å²) in [6.45, 7) is 1.12. The average molecular weight is 415 g/mol. The van der Waals surface area contributed by atoms with Crippen molar-refractivity contribution in [1.82, 2.24) is 5.32 Å². The quantitative estimate of drug-likeness (QED) is 0.364. The largest absolute Gasteiger partial charge is 0.496 e. The van der Waals surface area contributed by atoms with E-state index in [-0.39, 0.29) is 18.7 Å². The summed E-state index contributed by atoms with van der Waals surface area (Å²) in [5, 5.41) is 15.8. The van der Waals surface area contributed by atoms with Crippen LogP contribution in [0.4, 0.5) is 11.4 Å².